The van der Waals surface area contributed by atoms with Crippen molar-refractivity contribution in [3.8, 4) is 0 Å². The monoisotopic (exact) mass is 151 g/mol. The summed E-state index contributed by atoms with van der Waals surface area (Å²) >= 11 is 0. The van der Waals surface area contributed by atoms with E-state index in [9.17, 15) is 0 Å². The van der Waals surface area contributed by atoms with E-state index in [1.807, 2.05) is 24.3 Å². The zero-order chi connectivity index (χ0) is 6.97. The second-order valence-corrected chi connectivity index (χ2v) is 2.51. The molecule has 0 radical (unpaired) electrons. The van der Waals surface area contributed by atoms with E-state index in [0.29, 0.717) is 0 Å². The van der Waals surface area contributed by atoms with E-state index < -0.39 is 0 Å². The van der Waals surface area contributed by atoms with Crippen LogP contribution < -0.4 is 0 Å². The molecular weight excluding hydrogens is 145 g/mol. The maximum atomic E-state index is 3.91. The van der Waals surface area contributed by atoms with Crippen molar-refractivity contribution in [2.45, 2.75) is 0 Å². The summed E-state index contributed by atoms with van der Waals surface area (Å²) in [7, 11) is 2.47. The van der Waals surface area contributed by atoms with Crippen molar-refractivity contribution in [3.05, 3.63) is 24.3 Å². The molecule has 3 nitrogen and oxygen atoms in total. The first-order valence-corrected chi connectivity index (χ1v) is 3.45. The van der Waals surface area contributed by atoms with Crippen molar-refractivity contribution in [1.29, 1.82) is 0 Å². The predicted octanol–water partition coefficient (Wildman–Crippen LogP) is 1.07. The molecule has 1 unspecified atom stereocenters. The van der Waals surface area contributed by atoms with E-state index in [1.165, 1.54) is 0 Å². The number of rotatable bonds is 0. The Hall–Kier alpha value is -0.950. The predicted molar refractivity (Wildman–Crippen MR) is 42.6 cm³/mol. The third-order valence-electron chi connectivity index (χ3n) is 1.38. The van der Waals surface area contributed by atoms with Gasteiger partial charge in [-0.3, -0.25) is 0 Å². The molecule has 2 aromatic rings. The van der Waals surface area contributed by atoms with Gasteiger partial charge in [-0.2, -0.15) is 0 Å². The van der Waals surface area contributed by atoms with Crippen molar-refractivity contribution in [2.75, 3.05) is 0 Å². The number of aromatic nitrogens is 3. The zero-order valence-corrected chi connectivity index (χ0v) is 6.38. The maximum absolute atomic E-state index is 3.91. The molecule has 0 saturated carbocycles. The van der Waals surface area contributed by atoms with Crippen LogP contribution in [-0.4, -0.2) is 14.8 Å². The van der Waals surface area contributed by atoms with Gasteiger partial charge in [0.05, 0.1) is 5.52 Å². The maximum Gasteiger partial charge on any atom is 0.113 e. The summed E-state index contributed by atoms with van der Waals surface area (Å²) < 4.78 is 1.68. The van der Waals surface area contributed by atoms with E-state index in [-0.39, 0.29) is 0 Å². The van der Waals surface area contributed by atoms with Gasteiger partial charge in [-0.25, -0.2) is 4.45 Å². The van der Waals surface area contributed by atoms with Crippen molar-refractivity contribution in [2.24, 2.45) is 0 Å². The summed E-state index contributed by atoms with van der Waals surface area (Å²) in [6, 6.07) is 7.82. The fourth-order valence-corrected chi connectivity index (χ4v) is 1.16. The Kier molecular flexibility index (Phi) is 1.18. The Morgan fingerprint density at radius 2 is 2.10 bits per heavy atom. The molecule has 1 atom stereocenters. The van der Waals surface area contributed by atoms with Gasteiger partial charge < -0.3 is 0 Å². The molecule has 0 aliphatic carbocycles. The van der Waals surface area contributed by atoms with Crippen LogP contribution in [0.3, 0.4) is 0 Å². The first-order valence-electron chi connectivity index (χ1n) is 2.93. The quantitative estimate of drug-likeness (QED) is 0.527. The Balaban J connectivity index is 2.93. The topological polar surface area (TPSA) is 30.7 Å². The third kappa shape index (κ3) is 0.711. The van der Waals surface area contributed by atoms with E-state index in [4.69, 9.17) is 0 Å². The molecule has 1 aromatic heterocycles. The van der Waals surface area contributed by atoms with Crippen molar-refractivity contribution in [3.63, 3.8) is 0 Å². The van der Waals surface area contributed by atoms with Crippen LogP contribution in [0, 0.1) is 0 Å². The van der Waals surface area contributed by atoms with E-state index >= 15 is 0 Å². The molecule has 0 spiro atoms. The highest BCUT2D eigenvalue weighted by Gasteiger charge is 1.95. The highest BCUT2D eigenvalue weighted by Crippen LogP contribution is 2.10. The minimum atomic E-state index is 0.928. The normalized spacial score (nSPS) is 10.5. The Labute approximate surface area is 60.3 Å². The SMILES string of the molecule is Pn1nnc2ccccc21. The number of fused-ring (bicyclic) bond motifs is 1. The van der Waals surface area contributed by atoms with Crippen LogP contribution in [0.1, 0.15) is 0 Å². The van der Waals surface area contributed by atoms with Gasteiger partial charge in [0.25, 0.3) is 0 Å². The smallest absolute Gasteiger partial charge is 0.113 e. The lowest BCUT2D eigenvalue weighted by atomic mass is 10.3. The summed E-state index contributed by atoms with van der Waals surface area (Å²) in [5.41, 5.74) is 1.96. The fourth-order valence-electron chi connectivity index (χ4n) is 0.887. The average Bonchev–Trinajstić information content (AvgIpc) is 2.34. The molecule has 0 bridgehead atoms. The van der Waals surface area contributed by atoms with Crippen LogP contribution in [0.5, 0.6) is 0 Å². The Morgan fingerprint density at radius 1 is 1.30 bits per heavy atom. The number of para-hydroxylation sites is 1. The fraction of sp³-hybridized carbons (Fsp3) is 0. The summed E-state index contributed by atoms with van der Waals surface area (Å²) in [6.45, 7) is 0. The van der Waals surface area contributed by atoms with Gasteiger partial charge in [0.15, 0.2) is 0 Å². The number of hydrogen-bond acceptors (Lipinski definition) is 2. The van der Waals surface area contributed by atoms with Crippen molar-refractivity contribution >= 4 is 20.4 Å². The molecule has 0 amide bonds. The van der Waals surface area contributed by atoms with Gasteiger partial charge in [0.2, 0.25) is 0 Å². The average molecular weight is 151 g/mol. The van der Waals surface area contributed by atoms with Crippen LogP contribution in [0.25, 0.3) is 11.0 Å². The van der Waals surface area contributed by atoms with Crippen LogP contribution >= 0.6 is 9.39 Å². The molecule has 0 aliphatic rings. The zero-order valence-electron chi connectivity index (χ0n) is 5.23. The molecule has 0 saturated heterocycles. The second kappa shape index (κ2) is 2.03. The summed E-state index contributed by atoms with van der Waals surface area (Å²) in [5, 5.41) is 7.74. The molecule has 0 fully saturated rings. The second-order valence-electron chi connectivity index (χ2n) is 2.02. The number of benzene rings is 1. The summed E-state index contributed by atoms with van der Waals surface area (Å²) in [6.07, 6.45) is 0. The first-order chi connectivity index (χ1) is 4.88. The molecule has 1 heterocycles. The molecule has 10 heavy (non-hydrogen) atoms. The van der Waals surface area contributed by atoms with Crippen molar-refractivity contribution in [1.82, 2.24) is 14.8 Å². The van der Waals surface area contributed by atoms with Gasteiger partial charge >= 0.3 is 0 Å². The van der Waals surface area contributed by atoms with Crippen LogP contribution in [0.15, 0.2) is 24.3 Å². The van der Waals surface area contributed by atoms with E-state index in [2.05, 4.69) is 19.7 Å². The third-order valence-corrected chi connectivity index (χ3v) is 1.76. The van der Waals surface area contributed by atoms with E-state index in [1.54, 1.807) is 4.45 Å². The van der Waals surface area contributed by atoms with Gasteiger partial charge in [-0.15, -0.1) is 5.10 Å². The van der Waals surface area contributed by atoms with E-state index in [0.717, 1.165) is 11.0 Å². The van der Waals surface area contributed by atoms with Crippen molar-refractivity contribution < 1.29 is 0 Å². The van der Waals surface area contributed by atoms with Gasteiger partial charge in [-0.1, -0.05) is 17.3 Å². The van der Waals surface area contributed by atoms with Gasteiger partial charge in [0, 0.05) is 0 Å². The largest absolute Gasteiger partial charge is 0.231 e. The molecule has 2 rings (SSSR count). The Bertz CT molecular complexity index is 355. The molecule has 0 aliphatic heterocycles. The first kappa shape index (κ1) is 5.81. The lowest BCUT2D eigenvalue weighted by Gasteiger charge is -1.87. The molecular formula is C6H6N3P. The number of hydrogen-bond donors (Lipinski definition) is 0. The summed E-state index contributed by atoms with van der Waals surface area (Å²) in [5.74, 6) is 0. The van der Waals surface area contributed by atoms with Crippen LogP contribution in [0.4, 0.5) is 0 Å². The lowest BCUT2D eigenvalue weighted by molar-refractivity contribution is 0.911. The molecule has 1 aromatic carbocycles. The Morgan fingerprint density at radius 3 is 2.90 bits per heavy atom. The highest BCUT2D eigenvalue weighted by molar-refractivity contribution is 7.14. The van der Waals surface area contributed by atoms with Crippen LogP contribution in [-0.2, 0) is 0 Å². The van der Waals surface area contributed by atoms with Crippen LogP contribution in [0.2, 0.25) is 0 Å². The number of nitrogens with zero attached hydrogens (tertiary/aromatic N) is 3. The van der Waals surface area contributed by atoms with Gasteiger partial charge in [-0.05, 0) is 21.5 Å². The minimum absolute atomic E-state index is 0.928. The standard InChI is InChI=1S/C6H6N3P/c10-9-6-4-2-1-3-5(6)7-8-9/h1-4H,10H2. The highest BCUT2D eigenvalue weighted by atomic mass is 31.0. The molecule has 0 N–H and O–H groups in total. The molecule has 50 valence electrons. The lowest BCUT2D eigenvalue weighted by Crippen LogP contribution is -1.78. The molecule has 4 heteroatoms. The summed E-state index contributed by atoms with van der Waals surface area (Å²) in [4.78, 5) is 0. The minimum Gasteiger partial charge on any atom is -0.231 e. The van der Waals surface area contributed by atoms with Gasteiger partial charge in [0.1, 0.15) is 5.52 Å².